The molecule has 17 heavy (non-hydrogen) atoms. The predicted molar refractivity (Wildman–Crippen MR) is 66.9 cm³/mol. The first-order chi connectivity index (χ1) is 8.06. The van der Waals surface area contributed by atoms with Crippen LogP contribution in [0.4, 0.5) is 0 Å². The van der Waals surface area contributed by atoms with Gasteiger partial charge in [-0.25, -0.2) is 9.97 Å². The number of aromatic amines is 1. The van der Waals surface area contributed by atoms with Crippen molar-refractivity contribution in [3.8, 4) is 11.5 Å². The smallest absolute Gasteiger partial charge is 0.251 e. The van der Waals surface area contributed by atoms with Crippen LogP contribution in [0.5, 0.6) is 0 Å². The molecule has 0 saturated heterocycles. The lowest BCUT2D eigenvalue weighted by molar-refractivity contribution is 0.822. The molecule has 2 heterocycles. The zero-order valence-corrected chi connectivity index (χ0v) is 10.2. The van der Waals surface area contributed by atoms with Crippen molar-refractivity contribution in [2.75, 3.05) is 0 Å². The van der Waals surface area contributed by atoms with Gasteiger partial charge in [0, 0.05) is 17.5 Å². The summed E-state index contributed by atoms with van der Waals surface area (Å²) >= 11 is 0. The average molecular weight is 229 g/mol. The van der Waals surface area contributed by atoms with Gasteiger partial charge in [0.25, 0.3) is 5.56 Å². The lowest BCUT2D eigenvalue weighted by atomic mass is 10.1. The van der Waals surface area contributed by atoms with E-state index in [-0.39, 0.29) is 5.56 Å². The predicted octanol–water partition coefficient (Wildman–Crippen LogP) is 2.26. The third kappa shape index (κ3) is 2.58. The van der Waals surface area contributed by atoms with Crippen molar-refractivity contribution in [2.24, 2.45) is 0 Å². The normalized spacial score (nSPS) is 10.8. The number of aryl methyl sites for hydroxylation is 1. The molecule has 2 aromatic rings. The Balaban J connectivity index is 2.52. The number of hydrogen-bond donors (Lipinski definition) is 1. The molecule has 0 aliphatic carbocycles. The second kappa shape index (κ2) is 4.49. The van der Waals surface area contributed by atoms with Crippen LogP contribution in [0.3, 0.4) is 0 Å². The summed E-state index contributed by atoms with van der Waals surface area (Å²) in [5.41, 5.74) is 2.24. The summed E-state index contributed by atoms with van der Waals surface area (Å²) in [7, 11) is 0. The molecule has 0 aliphatic rings. The molecule has 2 rings (SSSR count). The number of hydrogen-bond acceptors (Lipinski definition) is 3. The Labute approximate surface area is 99.8 Å². The van der Waals surface area contributed by atoms with Crippen molar-refractivity contribution in [1.29, 1.82) is 0 Å². The lowest BCUT2D eigenvalue weighted by Crippen LogP contribution is -2.09. The molecule has 2 aromatic heterocycles. The van der Waals surface area contributed by atoms with Gasteiger partial charge in [0.15, 0.2) is 5.82 Å². The van der Waals surface area contributed by atoms with Crippen LogP contribution in [0.1, 0.15) is 31.2 Å². The zero-order valence-electron chi connectivity index (χ0n) is 10.2. The van der Waals surface area contributed by atoms with Crippen molar-refractivity contribution in [2.45, 2.75) is 26.7 Å². The fourth-order valence-corrected chi connectivity index (χ4v) is 1.61. The Morgan fingerprint density at radius 1 is 1.24 bits per heavy atom. The summed E-state index contributed by atoms with van der Waals surface area (Å²) < 4.78 is 0. The number of pyridine rings is 1. The molecule has 0 atom stereocenters. The van der Waals surface area contributed by atoms with E-state index in [1.54, 1.807) is 6.92 Å². The highest BCUT2D eigenvalue weighted by molar-refractivity contribution is 5.49. The molecule has 1 N–H and O–H groups in total. The van der Waals surface area contributed by atoms with E-state index in [1.165, 1.54) is 6.07 Å². The van der Waals surface area contributed by atoms with E-state index in [0.29, 0.717) is 23.1 Å². The molecular weight excluding hydrogens is 214 g/mol. The van der Waals surface area contributed by atoms with E-state index in [0.717, 1.165) is 5.69 Å². The second-order valence-corrected chi connectivity index (χ2v) is 4.34. The highest BCUT2D eigenvalue weighted by Crippen LogP contribution is 2.16. The van der Waals surface area contributed by atoms with E-state index < -0.39 is 0 Å². The number of nitrogens with zero attached hydrogens (tertiary/aromatic N) is 2. The summed E-state index contributed by atoms with van der Waals surface area (Å²) in [4.78, 5) is 22.9. The molecule has 0 saturated carbocycles. The van der Waals surface area contributed by atoms with Gasteiger partial charge in [0.05, 0.1) is 0 Å². The molecule has 4 nitrogen and oxygen atoms in total. The van der Waals surface area contributed by atoms with Crippen LogP contribution in [-0.2, 0) is 0 Å². The Morgan fingerprint density at radius 2 is 2.00 bits per heavy atom. The Morgan fingerprint density at radius 3 is 2.65 bits per heavy atom. The molecule has 4 heteroatoms. The maximum absolute atomic E-state index is 11.4. The minimum atomic E-state index is -0.149. The summed E-state index contributed by atoms with van der Waals surface area (Å²) in [6, 6.07) is 7.22. The summed E-state index contributed by atoms with van der Waals surface area (Å²) in [5.74, 6) is 0.879. The van der Waals surface area contributed by atoms with Crippen LogP contribution in [0.2, 0.25) is 0 Å². The van der Waals surface area contributed by atoms with Crippen molar-refractivity contribution < 1.29 is 0 Å². The summed E-state index contributed by atoms with van der Waals surface area (Å²) in [5, 5.41) is 0. The third-order valence-electron chi connectivity index (χ3n) is 2.47. The first kappa shape index (κ1) is 11.5. The van der Waals surface area contributed by atoms with Gasteiger partial charge in [0.1, 0.15) is 5.69 Å². The quantitative estimate of drug-likeness (QED) is 0.859. The highest BCUT2D eigenvalue weighted by atomic mass is 16.1. The van der Waals surface area contributed by atoms with Gasteiger partial charge < -0.3 is 4.98 Å². The standard InChI is InChI=1S/C13H15N3O/c1-8(2)10-5-4-6-11(15-10)13-14-9(3)7-12(17)16-13/h4-8H,1-3H3,(H,14,16,17). The van der Waals surface area contributed by atoms with Crippen LogP contribution < -0.4 is 5.56 Å². The first-order valence-electron chi connectivity index (χ1n) is 5.61. The topological polar surface area (TPSA) is 58.6 Å². The molecule has 0 aromatic carbocycles. The van der Waals surface area contributed by atoms with Crippen molar-refractivity contribution in [3.05, 3.63) is 46.0 Å². The average Bonchev–Trinajstić information content (AvgIpc) is 2.28. The van der Waals surface area contributed by atoms with Gasteiger partial charge in [-0.3, -0.25) is 4.79 Å². The zero-order chi connectivity index (χ0) is 12.4. The molecule has 0 amide bonds. The summed E-state index contributed by atoms with van der Waals surface area (Å²) in [6.45, 7) is 5.96. The van der Waals surface area contributed by atoms with Crippen LogP contribution in [0, 0.1) is 6.92 Å². The Hall–Kier alpha value is -1.97. The monoisotopic (exact) mass is 229 g/mol. The fourth-order valence-electron chi connectivity index (χ4n) is 1.61. The third-order valence-corrected chi connectivity index (χ3v) is 2.47. The number of H-pyrrole nitrogens is 1. The largest absolute Gasteiger partial charge is 0.305 e. The lowest BCUT2D eigenvalue weighted by Gasteiger charge is -2.06. The van der Waals surface area contributed by atoms with Gasteiger partial charge in [-0.2, -0.15) is 0 Å². The first-order valence-corrected chi connectivity index (χ1v) is 5.61. The maximum Gasteiger partial charge on any atom is 0.251 e. The minimum absolute atomic E-state index is 0.149. The number of rotatable bonds is 2. The van der Waals surface area contributed by atoms with Gasteiger partial charge in [-0.15, -0.1) is 0 Å². The van der Waals surface area contributed by atoms with Crippen molar-refractivity contribution in [1.82, 2.24) is 15.0 Å². The molecule has 0 fully saturated rings. The maximum atomic E-state index is 11.4. The second-order valence-electron chi connectivity index (χ2n) is 4.34. The van der Waals surface area contributed by atoms with Crippen molar-refractivity contribution in [3.63, 3.8) is 0 Å². The van der Waals surface area contributed by atoms with Gasteiger partial charge in [-0.05, 0) is 25.0 Å². The molecule has 0 unspecified atom stereocenters. The van der Waals surface area contributed by atoms with Crippen LogP contribution >= 0.6 is 0 Å². The molecule has 0 aliphatic heterocycles. The van der Waals surface area contributed by atoms with E-state index in [1.807, 2.05) is 18.2 Å². The van der Waals surface area contributed by atoms with Crippen LogP contribution in [-0.4, -0.2) is 15.0 Å². The van der Waals surface area contributed by atoms with E-state index in [2.05, 4.69) is 28.8 Å². The Kier molecular flexibility index (Phi) is 3.04. The van der Waals surface area contributed by atoms with Crippen LogP contribution in [0.15, 0.2) is 29.1 Å². The molecule has 0 bridgehead atoms. The van der Waals surface area contributed by atoms with Gasteiger partial charge in [0.2, 0.25) is 0 Å². The van der Waals surface area contributed by atoms with Crippen LogP contribution in [0.25, 0.3) is 11.5 Å². The molecule has 0 spiro atoms. The molecule has 88 valence electrons. The SMILES string of the molecule is Cc1cc(=O)[nH]c(-c2cccc(C(C)C)n2)n1. The van der Waals surface area contributed by atoms with E-state index in [4.69, 9.17) is 0 Å². The van der Waals surface area contributed by atoms with E-state index in [9.17, 15) is 4.79 Å². The highest BCUT2D eigenvalue weighted by Gasteiger charge is 2.06. The summed E-state index contributed by atoms with van der Waals surface area (Å²) in [6.07, 6.45) is 0. The van der Waals surface area contributed by atoms with Gasteiger partial charge >= 0.3 is 0 Å². The van der Waals surface area contributed by atoms with Gasteiger partial charge in [-0.1, -0.05) is 19.9 Å². The fraction of sp³-hybridized carbons (Fsp3) is 0.308. The number of aromatic nitrogens is 3. The molecular formula is C13H15N3O. The van der Waals surface area contributed by atoms with E-state index >= 15 is 0 Å². The number of nitrogens with one attached hydrogen (secondary N) is 1. The van der Waals surface area contributed by atoms with Crippen molar-refractivity contribution >= 4 is 0 Å². The minimum Gasteiger partial charge on any atom is -0.305 e. The Bertz CT molecular complexity index is 587. The molecule has 0 radical (unpaired) electrons.